The van der Waals surface area contributed by atoms with Crippen LogP contribution in [0.1, 0.15) is 38.4 Å². The molecule has 0 N–H and O–H groups in total. The first kappa shape index (κ1) is 17.6. The van der Waals surface area contributed by atoms with Gasteiger partial charge < -0.3 is 8.83 Å². The highest BCUT2D eigenvalue weighted by Gasteiger charge is 2.12. The van der Waals surface area contributed by atoms with Crippen LogP contribution in [0.2, 0.25) is 0 Å². The molecule has 0 bridgehead atoms. The molecule has 0 aliphatic rings. The van der Waals surface area contributed by atoms with Crippen molar-refractivity contribution in [1.29, 1.82) is 0 Å². The van der Waals surface area contributed by atoms with E-state index >= 15 is 0 Å². The summed E-state index contributed by atoms with van der Waals surface area (Å²) in [5, 5.41) is 10.0. The Hall–Kier alpha value is -3.26. The predicted molar refractivity (Wildman–Crippen MR) is 126 cm³/mol. The first-order valence-corrected chi connectivity index (χ1v) is 11.0. The van der Waals surface area contributed by atoms with Crippen molar-refractivity contribution in [2.24, 2.45) is 0 Å². The van der Waals surface area contributed by atoms with Crippen molar-refractivity contribution in [1.82, 2.24) is 0 Å². The largest absolute Gasteiger partial charge is 0.464 e. The monoisotopic (exact) mass is 392 g/mol. The van der Waals surface area contributed by atoms with Gasteiger partial charge in [-0.3, -0.25) is 0 Å². The lowest BCUT2D eigenvalue weighted by atomic mass is 9.95. The Balaban J connectivity index is 1.53. The van der Waals surface area contributed by atoms with E-state index < -0.39 is 0 Å². The summed E-state index contributed by atoms with van der Waals surface area (Å²) in [4.78, 5) is 0. The summed E-state index contributed by atoms with van der Waals surface area (Å²) in [6.07, 6.45) is 7.82. The molecule has 0 spiro atoms. The molecule has 2 aromatic heterocycles. The van der Waals surface area contributed by atoms with Crippen molar-refractivity contribution in [3.05, 3.63) is 72.7 Å². The Labute approximate surface area is 175 Å². The maximum atomic E-state index is 6.17. The summed E-state index contributed by atoms with van der Waals surface area (Å²) < 4.78 is 11.8. The SMILES string of the molecule is CCCCCCc1cc2c(ccc3c2ccc2c4ccc5occc5c4ccc32)o1. The van der Waals surface area contributed by atoms with E-state index in [1.54, 1.807) is 6.26 Å². The minimum absolute atomic E-state index is 0.939. The lowest BCUT2D eigenvalue weighted by Gasteiger charge is -2.08. The van der Waals surface area contributed by atoms with Crippen molar-refractivity contribution >= 4 is 54.3 Å². The molecule has 2 nitrogen and oxygen atoms in total. The molecule has 0 atom stereocenters. The van der Waals surface area contributed by atoms with Gasteiger partial charge in [-0.2, -0.15) is 0 Å². The highest BCUT2D eigenvalue weighted by molar-refractivity contribution is 6.24. The topological polar surface area (TPSA) is 26.3 Å². The quantitative estimate of drug-likeness (QED) is 0.216. The van der Waals surface area contributed by atoms with Crippen LogP contribution in [0.5, 0.6) is 0 Å². The average molecular weight is 392 g/mol. The second-order valence-electron chi connectivity index (χ2n) is 8.32. The molecule has 2 heteroatoms. The number of hydrogen-bond donors (Lipinski definition) is 0. The summed E-state index contributed by atoms with van der Waals surface area (Å²) in [5.74, 6) is 1.11. The average Bonchev–Trinajstić information content (AvgIpc) is 3.42. The van der Waals surface area contributed by atoms with Gasteiger partial charge in [-0.05, 0) is 63.0 Å². The van der Waals surface area contributed by atoms with Gasteiger partial charge in [0.2, 0.25) is 0 Å². The number of rotatable bonds is 5. The van der Waals surface area contributed by atoms with E-state index in [0.717, 1.165) is 23.3 Å². The third-order valence-electron chi connectivity index (χ3n) is 6.45. The van der Waals surface area contributed by atoms with Crippen LogP contribution in [-0.2, 0) is 6.42 Å². The summed E-state index contributed by atoms with van der Waals surface area (Å²) in [7, 11) is 0. The number of fused-ring (bicyclic) bond motifs is 9. The molecule has 4 aromatic carbocycles. The summed E-state index contributed by atoms with van der Waals surface area (Å²) >= 11 is 0. The van der Waals surface area contributed by atoms with Gasteiger partial charge in [-0.25, -0.2) is 0 Å². The lowest BCUT2D eigenvalue weighted by Crippen LogP contribution is -1.82. The van der Waals surface area contributed by atoms with Gasteiger partial charge in [-0.1, -0.05) is 62.6 Å². The van der Waals surface area contributed by atoms with E-state index in [1.807, 2.05) is 0 Å². The van der Waals surface area contributed by atoms with E-state index in [-0.39, 0.29) is 0 Å². The van der Waals surface area contributed by atoms with Crippen molar-refractivity contribution in [3.63, 3.8) is 0 Å². The normalized spacial score (nSPS) is 12.2. The van der Waals surface area contributed by atoms with Gasteiger partial charge in [0.05, 0.1) is 6.26 Å². The fourth-order valence-electron chi connectivity index (χ4n) is 4.91. The van der Waals surface area contributed by atoms with Gasteiger partial charge in [-0.15, -0.1) is 0 Å². The first-order chi connectivity index (χ1) is 14.8. The van der Waals surface area contributed by atoms with E-state index in [2.05, 4.69) is 67.6 Å². The van der Waals surface area contributed by atoms with Gasteiger partial charge in [0, 0.05) is 17.2 Å². The van der Waals surface area contributed by atoms with E-state index in [4.69, 9.17) is 8.83 Å². The van der Waals surface area contributed by atoms with Crippen LogP contribution in [0.3, 0.4) is 0 Å². The lowest BCUT2D eigenvalue weighted by molar-refractivity contribution is 0.527. The Morgan fingerprint density at radius 2 is 1.17 bits per heavy atom. The number of benzene rings is 4. The Bertz CT molecular complexity index is 1530. The second-order valence-corrected chi connectivity index (χ2v) is 8.32. The van der Waals surface area contributed by atoms with Crippen LogP contribution < -0.4 is 0 Å². The van der Waals surface area contributed by atoms with Gasteiger partial charge >= 0.3 is 0 Å². The second kappa shape index (κ2) is 6.91. The third-order valence-corrected chi connectivity index (χ3v) is 6.45. The molecule has 0 amide bonds. The van der Waals surface area contributed by atoms with Crippen LogP contribution >= 0.6 is 0 Å². The van der Waals surface area contributed by atoms with Gasteiger partial charge in [0.1, 0.15) is 16.9 Å². The van der Waals surface area contributed by atoms with Crippen molar-refractivity contribution in [3.8, 4) is 0 Å². The minimum Gasteiger partial charge on any atom is -0.464 e. The Morgan fingerprint density at radius 1 is 0.567 bits per heavy atom. The molecule has 0 saturated heterocycles. The molecule has 0 unspecified atom stereocenters. The maximum absolute atomic E-state index is 6.17. The van der Waals surface area contributed by atoms with Crippen LogP contribution in [0.25, 0.3) is 54.3 Å². The fourth-order valence-corrected chi connectivity index (χ4v) is 4.91. The molecule has 0 saturated carbocycles. The molecule has 148 valence electrons. The number of unbranched alkanes of at least 4 members (excludes halogenated alkanes) is 3. The Morgan fingerprint density at radius 3 is 1.87 bits per heavy atom. The smallest absolute Gasteiger partial charge is 0.134 e. The third kappa shape index (κ3) is 2.64. The molecule has 0 fully saturated rings. The van der Waals surface area contributed by atoms with E-state index in [9.17, 15) is 0 Å². The van der Waals surface area contributed by atoms with E-state index in [1.165, 1.54) is 68.8 Å². The zero-order valence-electron chi connectivity index (χ0n) is 17.2. The van der Waals surface area contributed by atoms with Crippen LogP contribution in [-0.4, -0.2) is 0 Å². The number of aryl methyl sites for hydroxylation is 1. The standard InChI is InChI=1S/C28H24O2/c1-2-3-4-5-6-18-17-26-24-10-8-19-20(22(24)12-14-28(26)30-18)7-9-23-21(19)11-13-27-25(23)15-16-29-27/h7-17H,2-6H2,1H3. The van der Waals surface area contributed by atoms with Crippen molar-refractivity contribution in [2.75, 3.05) is 0 Å². The van der Waals surface area contributed by atoms with Gasteiger partial charge in [0.15, 0.2) is 0 Å². The van der Waals surface area contributed by atoms with Crippen LogP contribution in [0.15, 0.2) is 75.8 Å². The van der Waals surface area contributed by atoms with Crippen LogP contribution in [0.4, 0.5) is 0 Å². The zero-order valence-corrected chi connectivity index (χ0v) is 17.2. The minimum atomic E-state index is 0.939. The molecular formula is C28H24O2. The molecular weight excluding hydrogens is 368 g/mol. The molecule has 0 aliphatic carbocycles. The number of furan rings is 2. The molecule has 0 aliphatic heterocycles. The fraction of sp³-hybridized carbons (Fsp3) is 0.214. The molecule has 6 aromatic rings. The highest BCUT2D eigenvalue weighted by Crippen LogP contribution is 2.37. The number of hydrogen-bond acceptors (Lipinski definition) is 2. The van der Waals surface area contributed by atoms with Crippen LogP contribution in [0, 0.1) is 0 Å². The molecule has 2 heterocycles. The predicted octanol–water partition coefficient (Wildman–Crippen LogP) is 8.76. The first-order valence-electron chi connectivity index (χ1n) is 11.0. The molecule has 0 radical (unpaired) electrons. The zero-order chi connectivity index (χ0) is 20.1. The van der Waals surface area contributed by atoms with Crippen molar-refractivity contribution in [2.45, 2.75) is 39.0 Å². The summed E-state index contributed by atoms with van der Waals surface area (Å²) in [6, 6.07) is 21.9. The highest BCUT2D eigenvalue weighted by atomic mass is 16.3. The molecule has 6 rings (SSSR count). The summed E-state index contributed by atoms with van der Waals surface area (Å²) in [5.41, 5.74) is 1.93. The van der Waals surface area contributed by atoms with Crippen molar-refractivity contribution < 1.29 is 8.83 Å². The summed E-state index contributed by atoms with van der Waals surface area (Å²) in [6.45, 7) is 2.25. The maximum Gasteiger partial charge on any atom is 0.134 e. The van der Waals surface area contributed by atoms with E-state index in [0.29, 0.717) is 0 Å². The molecule has 30 heavy (non-hydrogen) atoms. The van der Waals surface area contributed by atoms with Gasteiger partial charge in [0.25, 0.3) is 0 Å². The Kier molecular flexibility index (Phi) is 4.05.